The molecule has 140 valence electrons. The third-order valence-electron chi connectivity index (χ3n) is 4.15. The topological polar surface area (TPSA) is 58.4 Å². The van der Waals surface area contributed by atoms with Crippen molar-refractivity contribution in [1.29, 1.82) is 0 Å². The molecule has 6 heteroatoms. The van der Waals surface area contributed by atoms with Gasteiger partial charge in [-0.15, -0.1) is 0 Å². The maximum absolute atomic E-state index is 12.2. The first-order chi connectivity index (χ1) is 13.0. The molecule has 0 radical (unpaired) electrons. The summed E-state index contributed by atoms with van der Waals surface area (Å²) in [7, 11) is 4.03. The van der Waals surface area contributed by atoms with Gasteiger partial charge in [0.15, 0.2) is 5.76 Å². The Morgan fingerprint density at radius 1 is 1.07 bits per heavy atom. The standard InChI is InChI=1S/C21H22ClN3O2/c1-25(2)13-3-12-23-21(26)17-6-4-15(5-7-17)19-14-20(27-24-19)16-8-10-18(22)11-9-16/h4-11,14H,3,12-13H2,1-2H3,(H,23,26). The van der Waals surface area contributed by atoms with Crippen molar-refractivity contribution in [2.75, 3.05) is 27.2 Å². The van der Waals surface area contributed by atoms with E-state index in [4.69, 9.17) is 16.1 Å². The van der Waals surface area contributed by atoms with Gasteiger partial charge >= 0.3 is 0 Å². The first kappa shape index (κ1) is 19.1. The lowest BCUT2D eigenvalue weighted by Crippen LogP contribution is -2.27. The lowest BCUT2D eigenvalue weighted by Gasteiger charge is -2.10. The largest absolute Gasteiger partial charge is 0.356 e. The number of hydrogen-bond donors (Lipinski definition) is 1. The average molecular weight is 384 g/mol. The van der Waals surface area contributed by atoms with Crippen LogP contribution >= 0.6 is 11.6 Å². The number of hydrogen-bond acceptors (Lipinski definition) is 4. The van der Waals surface area contributed by atoms with E-state index in [1.165, 1.54) is 0 Å². The summed E-state index contributed by atoms with van der Waals surface area (Å²) >= 11 is 5.91. The highest BCUT2D eigenvalue weighted by Crippen LogP contribution is 2.27. The summed E-state index contributed by atoms with van der Waals surface area (Å²) in [6.45, 7) is 1.60. The van der Waals surface area contributed by atoms with E-state index < -0.39 is 0 Å². The van der Waals surface area contributed by atoms with E-state index in [2.05, 4.69) is 15.4 Å². The van der Waals surface area contributed by atoms with E-state index >= 15 is 0 Å². The van der Waals surface area contributed by atoms with Crippen molar-refractivity contribution in [1.82, 2.24) is 15.4 Å². The molecule has 0 aliphatic heterocycles. The van der Waals surface area contributed by atoms with E-state index in [0.29, 0.717) is 22.9 Å². The van der Waals surface area contributed by atoms with Gasteiger partial charge in [0.2, 0.25) is 0 Å². The number of rotatable bonds is 7. The fourth-order valence-corrected chi connectivity index (χ4v) is 2.78. The van der Waals surface area contributed by atoms with Crippen LogP contribution in [-0.4, -0.2) is 43.1 Å². The summed E-state index contributed by atoms with van der Waals surface area (Å²) in [6.07, 6.45) is 0.920. The van der Waals surface area contributed by atoms with E-state index in [0.717, 1.165) is 29.8 Å². The van der Waals surface area contributed by atoms with Gasteiger partial charge < -0.3 is 14.7 Å². The molecule has 1 heterocycles. The van der Waals surface area contributed by atoms with Crippen LogP contribution in [0.25, 0.3) is 22.6 Å². The molecule has 3 rings (SSSR count). The molecule has 1 N–H and O–H groups in total. The molecule has 1 aromatic heterocycles. The summed E-state index contributed by atoms with van der Waals surface area (Å²) in [5, 5.41) is 7.73. The molecule has 0 saturated heterocycles. The molecule has 0 atom stereocenters. The van der Waals surface area contributed by atoms with Gasteiger partial charge in [0.25, 0.3) is 5.91 Å². The first-order valence-electron chi connectivity index (χ1n) is 8.79. The molecular formula is C21H22ClN3O2. The Morgan fingerprint density at radius 3 is 2.41 bits per heavy atom. The predicted molar refractivity (Wildman–Crippen MR) is 108 cm³/mol. The Morgan fingerprint density at radius 2 is 1.74 bits per heavy atom. The molecule has 0 bridgehead atoms. The van der Waals surface area contributed by atoms with E-state index in [1.807, 2.05) is 56.6 Å². The molecule has 27 heavy (non-hydrogen) atoms. The third-order valence-corrected chi connectivity index (χ3v) is 4.40. The second-order valence-corrected chi connectivity index (χ2v) is 7.01. The zero-order chi connectivity index (χ0) is 19.2. The van der Waals surface area contributed by atoms with Crippen molar-refractivity contribution in [2.45, 2.75) is 6.42 Å². The monoisotopic (exact) mass is 383 g/mol. The average Bonchev–Trinajstić information content (AvgIpc) is 3.16. The van der Waals surface area contributed by atoms with Crippen LogP contribution in [0, 0.1) is 0 Å². The minimum Gasteiger partial charge on any atom is -0.356 e. The zero-order valence-corrected chi connectivity index (χ0v) is 16.2. The Labute approximate surface area is 163 Å². The van der Waals surface area contributed by atoms with Crippen LogP contribution in [0.4, 0.5) is 0 Å². The summed E-state index contributed by atoms with van der Waals surface area (Å²) in [5.41, 5.74) is 3.15. The fraction of sp³-hybridized carbons (Fsp3) is 0.238. The van der Waals surface area contributed by atoms with Crippen LogP contribution in [0.3, 0.4) is 0 Å². The van der Waals surface area contributed by atoms with Gasteiger partial charge in [0, 0.05) is 34.3 Å². The van der Waals surface area contributed by atoms with Gasteiger partial charge in [-0.2, -0.15) is 0 Å². The molecule has 1 amide bonds. The highest BCUT2D eigenvalue weighted by atomic mass is 35.5. The van der Waals surface area contributed by atoms with Gasteiger partial charge in [-0.05, 0) is 63.5 Å². The Hall–Kier alpha value is -2.63. The zero-order valence-electron chi connectivity index (χ0n) is 15.4. The number of carbonyl (C=O) groups is 1. The van der Waals surface area contributed by atoms with Crippen molar-refractivity contribution in [3.8, 4) is 22.6 Å². The van der Waals surface area contributed by atoms with Crippen LogP contribution in [0.15, 0.2) is 59.1 Å². The SMILES string of the molecule is CN(C)CCCNC(=O)c1ccc(-c2cc(-c3ccc(Cl)cc3)on2)cc1. The second kappa shape index (κ2) is 8.84. The number of benzene rings is 2. The fourth-order valence-electron chi connectivity index (χ4n) is 2.65. The molecule has 2 aromatic carbocycles. The lowest BCUT2D eigenvalue weighted by molar-refractivity contribution is 0.0952. The van der Waals surface area contributed by atoms with E-state index in [1.54, 1.807) is 12.1 Å². The third kappa shape index (κ3) is 5.18. The number of aromatic nitrogens is 1. The summed E-state index contributed by atoms with van der Waals surface area (Å²) in [5.74, 6) is 0.603. The van der Waals surface area contributed by atoms with Gasteiger partial charge in [0.05, 0.1) is 0 Å². The maximum atomic E-state index is 12.2. The van der Waals surface area contributed by atoms with Crippen molar-refractivity contribution in [2.24, 2.45) is 0 Å². The number of carbonyl (C=O) groups excluding carboxylic acids is 1. The molecule has 0 aliphatic carbocycles. The Bertz CT molecular complexity index is 887. The number of halogens is 1. The molecule has 0 saturated carbocycles. The van der Waals surface area contributed by atoms with Crippen LogP contribution < -0.4 is 5.32 Å². The highest BCUT2D eigenvalue weighted by molar-refractivity contribution is 6.30. The minimum absolute atomic E-state index is 0.0673. The summed E-state index contributed by atoms with van der Waals surface area (Å²) < 4.78 is 5.43. The molecule has 0 fully saturated rings. The van der Waals surface area contributed by atoms with Gasteiger partial charge in [-0.25, -0.2) is 0 Å². The lowest BCUT2D eigenvalue weighted by atomic mass is 10.1. The molecular weight excluding hydrogens is 362 g/mol. The van der Waals surface area contributed by atoms with Crippen LogP contribution in [0.5, 0.6) is 0 Å². The molecule has 0 spiro atoms. The number of amides is 1. The van der Waals surface area contributed by atoms with Crippen LogP contribution in [0.2, 0.25) is 5.02 Å². The van der Waals surface area contributed by atoms with Gasteiger partial charge in [0.1, 0.15) is 5.69 Å². The number of nitrogens with one attached hydrogen (secondary N) is 1. The van der Waals surface area contributed by atoms with E-state index in [9.17, 15) is 4.79 Å². The number of nitrogens with zero attached hydrogens (tertiary/aromatic N) is 2. The Balaban J connectivity index is 1.63. The van der Waals surface area contributed by atoms with Gasteiger partial charge in [-0.1, -0.05) is 28.9 Å². The molecule has 3 aromatic rings. The van der Waals surface area contributed by atoms with Crippen molar-refractivity contribution in [3.63, 3.8) is 0 Å². The maximum Gasteiger partial charge on any atom is 0.251 e. The van der Waals surface area contributed by atoms with Crippen molar-refractivity contribution in [3.05, 3.63) is 65.2 Å². The van der Waals surface area contributed by atoms with Crippen LogP contribution in [0.1, 0.15) is 16.8 Å². The summed E-state index contributed by atoms with van der Waals surface area (Å²) in [6, 6.07) is 16.6. The van der Waals surface area contributed by atoms with E-state index in [-0.39, 0.29) is 5.91 Å². The molecule has 0 unspecified atom stereocenters. The molecule has 5 nitrogen and oxygen atoms in total. The van der Waals surface area contributed by atoms with Gasteiger partial charge in [-0.3, -0.25) is 4.79 Å². The Kier molecular flexibility index (Phi) is 6.27. The smallest absolute Gasteiger partial charge is 0.251 e. The quantitative estimate of drug-likeness (QED) is 0.616. The minimum atomic E-state index is -0.0673. The van der Waals surface area contributed by atoms with Crippen molar-refractivity contribution < 1.29 is 9.32 Å². The molecule has 0 aliphatic rings. The van der Waals surface area contributed by atoms with Crippen molar-refractivity contribution >= 4 is 17.5 Å². The second-order valence-electron chi connectivity index (χ2n) is 6.57. The highest BCUT2D eigenvalue weighted by Gasteiger charge is 2.10. The van der Waals surface area contributed by atoms with Crippen LogP contribution in [-0.2, 0) is 0 Å². The predicted octanol–water partition coefficient (Wildman–Crippen LogP) is 4.34. The normalized spacial score (nSPS) is 11.0. The summed E-state index contributed by atoms with van der Waals surface area (Å²) in [4.78, 5) is 14.3. The first-order valence-corrected chi connectivity index (χ1v) is 9.17.